The number of nitrogens with zero attached hydrogens (tertiary/aromatic N) is 3. The molecule has 9 heteroatoms. The van der Waals surface area contributed by atoms with Crippen molar-refractivity contribution in [3.8, 4) is 0 Å². The lowest BCUT2D eigenvalue weighted by Gasteiger charge is -2.40. The number of likely N-dealkylation sites (tertiary alicyclic amines) is 1. The maximum Gasteiger partial charge on any atom is 0.412 e. The van der Waals surface area contributed by atoms with Crippen LogP contribution in [0.15, 0.2) is 83.8 Å². The summed E-state index contributed by atoms with van der Waals surface area (Å²) >= 11 is 0. The zero-order valence-corrected chi connectivity index (χ0v) is 25.5. The maximum atomic E-state index is 13.2. The third kappa shape index (κ3) is 7.00. The Labute approximate surface area is 254 Å². The zero-order valence-electron chi connectivity index (χ0n) is 24.7. The molecule has 0 unspecified atom stereocenters. The van der Waals surface area contributed by atoms with Crippen LogP contribution in [-0.4, -0.2) is 78.7 Å². The molecule has 1 saturated heterocycles. The molecule has 0 bridgehead atoms. The van der Waals surface area contributed by atoms with E-state index in [2.05, 4.69) is 4.90 Å². The van der Waals surface area contributed by atoms with Crippen LogP contribution >= 0.6 is 0 Å². The molecule has 0 aromatic heterocycles. The first kappa shape index (κ1) is 30.5. The Balaban J connectivity index is 1.20. The number of carboxylic acid groups (broad SMARTS) is 1. The van der Waals surface area contributed by atoms with Crippen LogP contribution < -0.4 is 0 Å². The second-order valence-electron chi connectivity index (χ2n) is 11.3. The summed E-state index contributed by atoms with van der Waals surface area (Å²) in [5, 5.41) is 10.3. The van der Waals surface area contributed by atoms with Gasteiger partial charge in [-0.05, 0) is 61.1 Å². The summed E-state index contributed by atoms with van der Waals surface area (Å²) in [6, 6.07) is 24.1. The Bertz CT molecular complexity index is 1580. The Kier molecular flexibility index (Phi) is 9.32. The van der Waals surface area contributed by atoms with Crippen LogP contribution in [0.25, 0.3) is 11.8 Å². The second kappa shape index (κ2) is 13.1. The average Bonchev–Trinajstić information content (AvgIpc) is 2.98. The molecule has 226 valence electrons. The molecule has 1 aliphatic heterocycles. The molecule has 5 rings (SSSR count). The van der Waals surface area contributed by atoms with Crippen molar-refractivity contribution in [3.05, 3.63) is 101 Å². The predicted molar refractivity (Wildman–Crippen MR) is 168 cm³/mol. The van der Waals surface area contributed by atoms with Gasteiger partial charge in [-0.1, -0.05) is 66.7 Å². The third-order valence-electron chi connectivity index (χ3n) is 8.58. The highest BCUT2D eigenvalue weighted by Crippen LogP contribution is 2.40. The van der Waals surface area contributed by atoms with Gasteiger partial charge in [-0.15, -0.1) is 0 Å². The minimum Gasteiger partial charge on any atom is -0.465 e. The molecule has 1 atom stereocenters. The number of hydrogen-bond acceptors (Lipinski definition) is 5. The SMILES string of the molecule is CCN(C(=O)Cc1ccc(S(C)(=O)=O)cc1)C1CCN(CC[C@@H](c2ccccc2)N(C(=O)O)C2=Cc3ccccc32)CC1. The predicted octanol–water partition coefficient (Wildman–Crippen LogP) is 5.57. The average molecular weight is 602 g/mol. The summed E-state index contributed by atoms with van der Waals surface area (Å²) in [4.78, 5) is 31.9. The highest BCUT2D eigenvalue weighted by Gasteiger charge is 2.34. The smallest absolute Gasteiger partial charge is 0.412 e. The van der Waals surface area contributed by atoms with Gasteiger partial charge in [-0.2, -0.15) is 0 Å². The number of sulfone groups is 1. The molecular formula is C34H39N3O5S. The van der Waals surface area contributed by atoms with Crippen LogP contribution in [0.2, 0.25) is 0 Å². The molecule has 2 aliphatic rings. The number of amides is 2. The first-order valence-corrected chi connectivity index (χ1v) is 16.7. The van der Waals surface area contributed by atoms with Gasteiger partial charge in [0.25, 0.3) is 0 Å². The minimum atomic E-state index is -3.28. The first-order valence-electron chi connectivity index (χ1n) is 14.8. The third-order valence-corrected chi connectivity index (χ3v) is 9.70. The molecule has 3 aromatic carbocycles. The molecule has 1 aliphatic carbocycles. The van der Waals surface area contributed by atoms with Crippen LogP contribution in [0.3, 0.4) is 0 Å². The molecule has 0 radical (unpaired) electrons. The van der Waals surface area contributed by atoms with Crippen molar-refractivity contribution in [3.63, 3.8) is 0 Å². The van der Waals surface area contributed by atoms with Crippen LogP contribution in [0.4, 0.5) is 4.79 Å². The van der Waals surface area contributed by atoms with E-state index < -0.39 is 15.9 Å². The molecular weight excluding hydrogens is 562 g/mol. The van der Waals surface area contributed by atoms with Gasteiger partial charge in [-0.25, -0.2) is 13.2 Å². The summed E-state index contributed by atoms with van der Waals surface area (Å²) in [7, 11) is -3.28. The molecule has 43 heavy (non-hydrogen) atoms. The maximum absolute atomic E-state index is 13.2. The molecule has 2 amide bonds. The van der Waals surface area contributed by atoms with Crippen LogP contribution in [-0.2, 0) is 21.1 Å². The van der Waals surface area contributed by atoms with Gasteiger partial charge in [0.15, 0.2) is 9.84 Å². The summed E-state index contributed by atoms with van der Waals surface area (Å²) in [6.07, 6.45) is 4.75. The summed E-state index contributed by atoms with van der Waals surface area (Å²) < 4.78 is 23.5. The Morgan fingerprint density at radius 3 is 2.21 bits per heavy atom. The van der Waals surface area contributed by atoms with Crippen molar-refractivity contribution in [2.45, 2.75) is 49.6 Å². The number of carbonyl (C=O) groups is 2. The van der Waals surface area contributed by atoms with Crippen molar-refractivity contribution in [2.75, 3.05) is 32.4 Å². The number of fused-ring (bicyclic) bond motifs is 1. The lowest BCUT2D eigenvalue weighted by molar-refractivity contribution is -0.133. The minimum absolute atomic E-state index is 0.0448. The van der Waals surface area contributed by atoms with E-state index in [1.54, 1.807) is 24.3 Å². The Morgan fingerprint density at radius 1 is 0.953 bits per heavy atom. The Hall–Kier alpha value is -3.95. The lowest BCUT2D eigenvalue weighted by atomic mass is 9.90. The summed E-state index contributed by atoms with van der Waals surface area (Å²) in [5.74, 6) is 0.0448. The topological polar surface area (TPSA) is 98.2 Å². The van der Waals surface area contributed by atoms with E-state index in [0.29, 0.717) is 13.0 Å². The van der Waals surface area contributed by atoms with Crippen LogP contribution in [0.1, 0.15) is 54.5 Å². The number of benzene rings is 3. The van der Waals surface area contributed by atoms with E-state index in [0.717, 1.165) is 60.4 Å². The normalized spacial score (nSPS) is 16.0. The summed E-state index contributed by atoms with van der Waals surface area (Å²) in [5.41, 5.74) is 4.52. The molecule has 3 aromatic rings. The summed E-state index contributed by atoms with van der Waals surface area (Å²) in [6.45, 7) is 5.02. The van der Waals surface area contributed by atoms with Gasteiger partial charge < -0.3 is 14.9 Å². The van der Waals surface area contributed by atoms with E-state index in [1.165, 1.54) is 11.2 Å². The van der Waals surface area contributed by atoms with E-state index >= 15 is 0 Å². The quantitative estimate of drug-likeness (QED) is 0.309. The van der Waals surface area contributed by atoms with E-state index in [-0.39, 0.29) is 29.3 Å². The highest BCUT2D eigenvalue weighted by molar-refractivity contribution is 7.90. The van der Waals surface area contributed by atoms with Crippen LogP contribution in [0.5, 0.6) is 0 Å². The second-order valence-corrected chi connectivity index (χ2v) is 13.3. The van der Waals surface area contributed by atoms with Gasteiger partial charge in [0, 0.05) is 44.0 Å². The van der Waals surface area contributed by atoms with Gasteiger partial charge in [0.2, 0.25) is 5.91 Å². The zero-order chi connectivity index (χ0) is 30.6. The van der Waals surface area contributed by atoms with Gasteiger partial charge in [0.1, 0.15) is 0 Å². The van der Waals surface area contributed by atoms with E-state index in [1.807, 2.05) is 72.5 Å². The molecule has 1 heterocycles. The fourth-order valence-corrected chi connectivity index (χ4v) is 6.89. The van der Waals surface area contributed by atoms with E-state index in [4.69, 9.17) is 0 Å². The number of piperidine rings is 1. The highest BCUT2D eigenvalue weighted by atomic mass is 32.2. The van der Waals surface area contributed by atoms with Crippen molar-refractivity contribution in [2.24, 2.45) is 0 Å². The van der Waals surface area contributed by atoms with Crippen molar-refractivity contribution >= 4 is 33.6 Å². The standard InChI is InChI=1S/C34H39N3O5S/c1-3-36(33(38)23-25-13-15-29(16-14-25)43(2,41)42)28-17-20-35(21-18-28)22-19-31(26-9-5-4-6-10-26)37(34(39)40)32-24-27-11-7-8-12-30(27)32/h4-16,24,28,31H,3,17-23H2,1-2H3,(H,39,40)/t31-/m0/s1. The van der Waals surface area contributed by atoms with Crippen molar-refractivity contribution in [1.82, 2.24) is 14.7 Å². The lowest BCUT2D eigenvalue weighted by Crippen LogP contribution is -2.48. The molecule has 0 spiro atoms. The largest absolute Gasteiger partial charge is 0.465 e. The molecule has 0 saturated carbocycles. The van der Waals surface area contributed by atoms with Crippen LogP contribution in [0, 0.1) is 0 Å². The van der Waals surface area contributed by atoms with E-state index in [9.17, 15) is 23.1 Å². The number of carbonyl (C=O) groups excluding carboxylic acids is 1. The number of likely N-dealkylation sites (N-methyl/N-ethyl adjacent to an activating group) is 1. The first-order chi connectivity index (χ1) is 20.7. The molecule has 8 nitrogen and oxygen atoms in total. The Morgan fingerprint density at radius 2 is 1.60 bits per heavy atom. The van der Waals surface area contributed by atoms with Crippen molar-refractivity contribution < 1.29 is 23.1 Å². The monoisotopic (exact) mass is 601 g/mol. The fourth-order valence-electron chi connectivity index (χ4n) is 6.26. The van der Waals surface area contributed by atoms with Gasteiger partial charge in [0.05, 0.1) is 23.1 Å². The number of rotatable bonds is 11. The number of hydrogen-bond donors (Lipinski definition) is 1. The van der Waals surface area contributed by atoms with Gasteiger partial charge in [-0.3, -0.25) is 9.69 Å². The molecule has 1 fully saturated rings. The fraction of sp³-hybridized carbons (Fsp3) is 0.353. The van der Waals surface area contributed by atoms with Gasteiger partial charge >= 0.3 is 6.09 Å². The molecule has 1 N–H and O–H groups in total. The van der Waals surface area contributed by atoms with Crippen molar-refractivity contribution in [1.29, 1.82) is 0 Å².